The van der Waals surface area contributed by atoms with Gasteiger partial charge in [0.1, 0.15) is 16.4 Å². The van der Waals surface area contributed by atoms with Crippen LogP contribution in [0.3, 0.4) is 0 Å². The smallest absolute Gasteiger partial charge is 0.341 e. The molecule has 0 aliphatic heterocycles. The van der Waals surface area contributed by atoms with E-state index in [2.05, 4.69) is 22.2 Å². The van der Waals surface area contributed by atoms with E-state index in [1.807, 2.05) is 36.4 Å². The van der Waals surface area contributed by atoms with E-state index >= 15 is 0 Å². The molecule has 1 atom stereocenters. The topological polar surface area (TPSA) is 81.2 Å². The number of anilines is 1. The first-order valence-electron chi connectivity index (χ1n) is 10.1. The maximum absolute atomic E-state index is 12.7. The van der Waals surface area contributed by atoms with E-state index in [-0.39, 0.29) is 11.7 Å². The van der Waals surface area contributed by atoms with Crippen LogP contribution in [0, 0.1) is 5.92 Å². The van der Waals surface area contributed by atoms with Crippen LogP contribution in [0.15, 0.2) is 47.8 Å². The number of ether oxygens (including phenoxy) is 1. The Bertz CT molecular complexity index is 1100. The third-order valence-electron chi connectivity index (χ3n) is 5.22. The molecule has 3 aromatic rings. The number of thioether (sulfide) groups is 1. The van der Waals surface area contributed by atoms with Crippen LogP contribution in [0.25, 0.3) is 11.3 Å². The van der Waals surface area contributed by atoms with E-state index in [9.17, 15) is 9.59 Å². The lowest BCUT2D eigenvalue weighted by molar-refractivity contribution is -0.113. The lowest BCUT2D eigenvalue weighted by Crippen LogP contribution is -2.17. The van der Waals surface area contributed by atoms with Crippen LogP contribution in [-0.4, -0.2) is 34.7 Å². The Labute approximate surface area is 189 Å². The number of esters is 1. The first kappa shape index (κ1) is 21.5. The van der Waals surface area contributed by atoms with Gasteiger partial charge in [-0.15, -0.1) is 11.3 Å². The largest absolute Gasteiger partial charge is 0.465 e. The molecule has 1 N–H and O–H groups in total. The van der Waals surface area contributed by atoms with Gasteiger partial charge in [-0.3, -0.25) is 4.79 Å². The average Bonchev–Trinajstić information content (AvgIpc) is 3.14. The fourth-order valence-corrected chi connectivity index (χ4v) is 5.73. The fraction of sp³-hybridized carbons (Fsp3) is 0.304. The van der Waals surface area contributed by atoms with Gasteiger partial charge in [0.15, 0.2) is 0 Å². The van der Waals surface area contributed by atoms with Crippen molar-refractivity contribution in [3.05, 3.63) is 58.7 Å². The minimum atomic E-state index is -0.390. The summed E-state index contributed by atoms with van der Waals surface area (Å²) in [6, 6.07) is 11.7. The standard InChI is InChI=1S/C23H23N3O3S2/c1-14-8-9-16-18(10-14)31-22(21(16)23(28)29-2)26-19(27)12-30-20-11-17(24-13-25-20)15-6-4-3-5-7-15/h3-7,11,13-14H,8-10,12H2,1-2H3,(H,26,27). The summed E-state index contributed by atoms with van der Waals surface area (Å²) in [6.07, 6.45) is 4.31. The number of hydrogen-bond acceptors (Lipinski definition) is 7. The number of nitrogens with zero attached hydrogens (tertiary/aromatic N) is 2. The summed E-state index contributed by atoms with van der Waals surface area (Å²) >= 11 is 2.83. The number of rotatable bonds is 6. The Balaban J connectivity index is 1.46. The molecular formula is C23H23N3O3S2. The van der Waals surface area contributed by atoms with Crippen molar-refractivity contribution in [2.45, 2.75) is 31.2 Å². The number of nitrogens with one attached hydrogen (secondary N) is 1. The number of carbonyl (C=O) groups excluding carboxylic acids is 2. The van der Waals surface area contributed by atoms with Crippen molar-refractivity contribution in [1.82, 2.24) is 9.97 Å². The van der Waals surface area contributed by atoms with Gasteiger partial charge in [0.25, 0.3) is 0 Å². The summed E-state index contributed by atoms with van der Waals surface area (Å²) in [5, 5.41) is 4.24. The second kappa shape index (κ2) is 9.62. The first-order valence-corrected chi connectivity index (χ1v) is 11.9. The molecule has 2 heterocycles. The summed E-state index contributed by atoms with van der Waals surface area (Å²) in [6.45, 7) is 2.21. The number of methoxy groups -OCH3 is 1. The SMILES string of the molecule is COC(=O)c1c(NC(=O)CSc2cc(-c3ccccc3)ncn2)sc2c1CCC(C)C2. The van der Waals surface area contributed by atoms with E-state index in [4.69, 9.17) is 4.74 Å². The molecule has 0 fully saturated rings. The molecule has 1 amide bonds. The van der Waals surface area contributed by atoms with Gasteiger partial charge in [-0.1, -0.05) is 49.0 Å². The highest BCUT2D eigenvalue weighted by Crippen LogP contribution is 2.40. The molecule has 0 saturated carbocycles. The highest BCUT2D eigenvalue weighted by atomic mass is 32.2. The maximum atomic E-state index is 12.7. The quantitative estimate of drug-likeness (QED) is 0.327. The minimum Gasteiger partial charge on any atom is -0.465 e. The van der Waals surface area contributed by atoms with E-state index in [1.54, 1.807) is 0 Å². The third-order valence-corrected chi connectivity index (χ3v) is 7.31. The van der Waals surface area contributed by atoms with Crippen molar-refractivity contribution in [2.75, 3.05) is 18.2 Å². The Hall–Kier alpha value is -2.71. The van der Waals surface area contributed by atoms with Crippen LogP contribution in [0.4, 0.5) is 5.00 Å². The van der Waals surface area contributed by atoms with E-state index in [0.29, 0.717) is 16.5 Å². The van der Waals surface area contributed by atoms with Gasteiger partial charge in [-0.05, 0) is 36.8 Å². The summed E-state index contributed by atoms with van der Waals surface area (Å²) in [7, 11) is 1.37. The van der Waals surface area contributed by atoms with Crippen molar-refractivity contribution in [3.8, 4) is 11.3 Å². The number of thiophene rings is 1. The van der Waals surface area contributed by atoms with Gasteiger partial charge in [0, 0.05) is 10.4 Å². The van der Waals surface area contributed by atoms with Gasteiger partial charge in [-0.2, -0.15) is 0 Å². The van der Waals surface area contributed by atoms with E-state index in [1.165, 1.54) is 41.4 Å². The van der Waals surface area contributed by atoms with Gasteiger partial charge in [0.05, 0.1) is 24.1 Å². The Kier molecular flexibility index (Phi) is 6.67. The van der Waals surface area contributed by atoms with Crippen molar-refractivity contribution in [1.29, 1.82) is 0 Å². The predicted molar refractivity (Wildman–Crippen MR) is 124 cm³/mol. The second-order valence-electron chi connectivity index (χ2n) is 7.49. The van der Waals surface area contributed by atoms with Crippen LogP contribution < -0.4 is 5.32 Å². The molecular weight excluding hydrogens is 430 g/mol. The summed E-state index contributed by atoms with van der Waals surface area (Å²) in [5.74, 6) is 0.192. The average molecular weight is 454 g/mol. The molecule has 1 aromatic carbocycles. The molecule has 8 heteroatoms. The lowest BCUT2D eigenvalue weighted by atomic mass is 9.88. The lowest BCUT2D eigenvalue weighted by Gasteiger charge is -2.18. The third kappa shape index (κ3) is 4.97. The highest BCUT2D eigenvalue weighted by Gasteiger charge is 2.28. The van der Waals surface area contributed by atoms with Gasteiger partial charge in [-0.25, -0.2) is 14.8 Å². The molecule has 0 saturated heterocycles. The number of carbonyl (C=O) groups is 2. The Morgan fingerprint density at radius 2 is 2.06 bits per heavy atom. The maximum Gasteiger partial charge on any atom is 0.341 e. The fourth-order valence-electron chi connectivity index (χ4n) is 3.64. The van der Waals surface area contributed by atoms with Crippen LogP contribution in [-0.2, 0) is 22.4 Å². The highest BCUT2D eigenvalue weighted by molar-refractivity contribution is 7.99. The Morgan fingerprint density at radius 3 is 2.84 bits per heavy atom. The van der Waals surface area contributed by atoms with Gasteiger partial charge >= 0.3 is 5.97 Å². The molecule has 4 rings (SSSR count). The molecule has 160 valence electrons. The summed E-state index contributed by atoms with van der Waals surface area (Å²) < 4.78 is 4.99. The van der Waals surface area contributed by atoms with Crippen molar-refractivity contribution >= 4 is 40.0 Å². The number of fused-ring (bicyclic) bond motifs is 1. The predicted octanol–water partition coefficient (Wildman–Crippen LogP) is 4.85. The number of amides is 1. The zero-order chi connectivity index (χ0) is 21.8. The number of hydrogen-bond donors (Lipinski definition) is 1. The van der Waals surface area contributed by atoms with Crippen LogP contribution in [0.5, 0.6) is 0 Å². The molecule has 0 radical (unpaired) electrons. The van der Waals surface area contributed by atoms with Crippen molar-refractivity contribution in [3.63, 3.8) is 0 Å². The van der Waals surface area contributed by atoms with Crippen LogP contribution in [0.1, 0.15) is 34.1 Å². The van der Waals surface area contributed by atoms with E-state index < -0.39 is 5.97 Å². The number of benzene rings is 1. The summed E-state index contributed by atoms with van der Waals surface area (Å²) in [5.41, 5.74) is 3.35. The molecule has 1 unspecified atom stereocenters. The molecule has 0 spiro atoms. The molecule has 31 heavy (non-hydrogen) atoms. The zero-order valence-corrected chi connectivity index (χ0v) is 19.0. The van der Waals surface area contributed by atoms with Crippen LogP contribution in [0.2, 0.25) is 0 Å². The molecule has 2 aromatic heterocycles. The van der Waals surface area contributed by atoms with Crippen LogP contribution >= 0.6 is 23.1 Å². The van der Waals surface area contributed by atoms with Crippen molar-refractivity contribution < 1.29 is 14.3 Å². The monoisotopic (exact) mass is 453 g/mol. The Morgan fingerprint density at radius 1 is 1.26 bits per heavy atom. The molecule has 1 aliphatic carbocycles. The molecule has 6 nitrogen and oxygen atoms in total. The molecule has 0 bridgehead atoms. The van der Waals surface area contributed by atoms with E-state index in [0.717, 1.165) is 41.1 Å². The molecule has 1 aliphatic rings. The zero-order valence-electron chi connectivity index (χ0n) is 17.4. The normalized spacial score (nSPS) is 15.2. The minimum absolute atomic E-state index is 0.179. The van der Waals surface area contributed by atoms with Gasteiger partial charge < -0.3 is 10.1 Å². The summed E-state index contributed by atoms with van der Waals surface area (Å²) in [4.78, 5) is 34.8. The first-order chi connectivity index (χ1) is 15.0. The second-order valence-corrected chi connectivity index (χ2v) is 9.59. The van der Waals surface area contributed by atoms with Gasteiger partial charge in [0.2, 0.25) is 5.91 Å². The van der Waals surface area contributed by atoms with Crippen molar-refractivity contribution in [2.24, 2.45) is 5.92 Å². The number of aromatic nitrogens is 2.